The molecule has 1 rings (SSSR count). The van der Waals surface area contributed by atoms with Gasteiger partial charge in [0.05, 0.1) is 22.9 Å². The fraction of sp³-hybridized carbons (Fsp3) is 0.364. The van der Waals surface area contributed by atoms with Gasteiger partial charge in [0.15, 0.2) is 0 Å². The number of carbonyl (C=O) groups excluding carboxylic acids is 1. The van der Waals surface area contributed by atoms with Crippen molar-refractivity contribution >= 4 is 28.9 Å². The zero-order valence-corrected chi connectivity index (χ0v) is 10.7. The Morgan fingerprint density at radius 1 is 1.47 bits per heavy atom. The van der Waals surface area contributed by atoms with Crippen LogP contribution < -0.4 is 16.8 Å². The minimum atomic E-state index is -2.51. The molecule has 0 aliphatic rings. The van der Waals surface area contributed by atoms with Gasteiger partial charge in [0.1, 0.15) is 6.61 Å². The SMILES string of the molecule is NC(=O)c1cc(N)cc(Cl)c1NCCOCC(F)F. The van der Waals surface area contributed by atoms with Crippen LogP contribution in [0.1, 0.15) is 10.4 Å². The summed E-state index contributed by atoms with van der Waals surface area (Å²) in [7, 11) is 0. The summed E-state index contributed by atoms with van der Waals surface area (Å²) < 4.78 is 28.3. The Morgan fingerprint density at radius 3 is 2.74 bits per heavy atom. The zero-order chi connectivity index (χ0) is 14.4. The van der Waals surface area contributed by atoms with E-state index in [1.54, 1.807) is 0 Å². The molecular weight excluding hydrogens is 280 g/mol. The fourth-order valence-electron chi connectivity index (χ4n) is 1.42. The normalized spacial score (nSPS) is 10.7. The maximum absolute atomic E-state index is 11.8. The van der Waals surface area contributed by atoms with Crippen molar-refractivity contribution in [1.82, 2.24) is 0 Å². The number of carbonyl (C=O) groups is 1. The predicted molar refractivity (Wildman–Crippen MR) is 69.7 cm³/mol. The maximum atomic E-state index is 11.8. The topological polar surface area (TPSA) is 90.4 Å². The van der Waals surface area contributed by atoms with Gasteiger partial charge in [0.2, 0.25) is 0 Å². The molecule has 0 bridgehead atoms. The number of hydrogen-bond donors (Lipinski definition) is 3. The third-order valence-electron chi connectivity index (χ3n) is 2.17. The summed E-state index contributed by atoms with van der Waals surface area (Å²) in [5, 5.41) is 3.03. The van der Waals surface area contributed by atoms with Crippen molar-refractivity contribution in [2.75, 3.05) is 30.8 Å². The van der Waals surface area contributed by atoms with Crippen LogP contribution in [0.5, 0.6) is 0 Å². The van der Waals surface area contributed by atoms with Crippen LogP contribution in [0, 0.1) is 0 Å². The second kappa shape index (κ2) is 7.10. The average Bonchev–Trinajstić information content (AvgIpc) is 2.29. The Kier molecular flexibility index (Phi) is 5.78. The van der Waals surface area contributed by atoms with Crippen molar-refractivity contribution in [3.63, 3.8) is 0 Å². The average molecular weight is 294 g/mol. The second-order valence-electron chi connectivity index (χ2n) is 3.68. The van der Waals surface area contributed by atoms with Gasteiger partial charge in [-0.2, -0.15) is 0 Å². The summed E-state index contributed by atoms with van der Waals surface area (Å²) in [6, 6.07) is 2.84. The highest BCUT2D eigenvalue weighted by atomic mass is 35.5. The number of amides is 1. The number of benzene rings is 1. The smallest absolute Gasteiger partial charge is 0.261 e. The molecule has 1 aromatic rings. The van der Waals surface area contributed by atoms with E-state index < -0.39 is 18.9 Å². The number of rotatable bonds is 7. The first-order valence-electron chi connectivity index (χ1n) is 5.40. The molecule has 0 aliphatic heterocycles. The van der Waals surface area contributed by atoms with Gasteiger partial charge in [-0.25, -0.2) is 8.78 Å². The molecule has 0 fully saturated rings. The van der Waals surface area contributed by atoms with E-state index in [0.29, 0.717) is 11.4 Å². The summed E-state index contributed by atoms with van der Waals surface area (Å²) in [4.78, 5) is 11.2. The number of halogens is 3. The lowest BCUT2D eigenvalue weighted by Gasteiger charge is -2.13. The highest BCUT2D eigenvalue weighted by molar-refractivity contribution is 6.34. The zero-order valence-electron chi connectivity index (χ0n) is 9.96. The molecule has 0 unspecified atom stereocenters. The lowest BCUT2D eigenvalue weighted by Crippen LogP contribution is -2.18. The van der Waals surface area contributed by atoms with Crippen molar-refractivity contribution in [1.29, 1.82) is 0 Å². The molecule has 0 saturated heterocycles. The van der Waals surface area contributed by atoms with Gasteiger partial charge in [-0.15, -0.1) is 0 Å². The molecule has 0 atom stereocenters. The molecule has 5 N–H and O–H groups in total. The summed E-state index contributed by atoms with van der Waals surface area (Å²) in [5.74, 6) is -0.690. The number of nitrogens with one attached hydrogen (secondary N) is 1. The minimum Gasteiger partial charge on any atom is -0.399 e. The van der Waals surface area contributed by atoms with Crippen molar-refractivity contribution in [3.8, 4) is 0 Å². The first kappa shape index (κ1) is 15.5. The van der Waals surface area contributed by atoms with Gasteiger partial charge in [0.25, 0.3) is 12.3 Å². The summed E-state index contributed by atoms with van der Waals surface area (Å²) >= 11 is 5.93. The van der Waals surface area contributed by atoms with Crippen LogP contribution in [0.2, 0.25) is 5.02 Å². The van der Waals surface area contributed by atoms with E-state index in [2.05, 4.69) is 10.1 Å². The molecule has 0 heterocycles. The van der Waals surface area contributed by atoms with E-state index in [9.17, 15) is 13.6 Å². The Morgan fingerprint density at radius 2 is 2.16 bits per heavy atom. The van der Waals surface area contributed by atoms with E-state index in [0.717, 1.165) is 0 Å². The lowest BCUT2D eigenvalue weighted by atomic mass is 10.1. The van der Waals surface area contributed by atoms with Crippen molar-refractivity contribution < 1.29 is 18.3 Å². The molecule has 106 valence electrons. The van der Waals surface area contributed by atoms with E-state index in [1.165, 1.54) is 12.1 Å². The number of ether oxygens (including phenoxy) is 1. The van der Waals surface area contributed by atoms with Crippen LogP contribution in [0.3, 0.4) is 0 Å². The standard InChI is InChI=1S/C11H14ClF2N3O2/c12-8-4-6(15)3-7(11(16)18)10(8)17-1-2-19-5-9(13)14/h3-4,9,17H,1-2,5,15H2,(H2,16,18). The number of nitrogens with two attached hydrogens (primary N) is 2. The van der Waals surface area contributed by atoms with E-state index >= 15 is 0 Å². The molecule has 19 heavy (non-hydrogen) atoms. The summed E-state index contributed by atoms with van der Waals surface area (Å²) in [6.45, 7) is -0.389. The molecule has 0 saturated carbocycles. The quantitative estimate of drug-likeness (QED) is 0.527. The first-order valence-corrected chi connectivity index (χ1v) is 5.78. The fourth-order valence-corrected chi connectivity index (χ4v) is 1.72. The van der Waals surface area contributed by atoms with Gasteiger partial charge >= 0.3 is 0 Å². The van der Waals surface area contributed by atoms with Crippen LogP contribution in [-0.4, -0.2) is 32.1 Å². The molecule has 0 aromatic heterocycles. The van der Waals surface area contributed by atoms with Crippen LogP contribution >= 0.6 is 11.6 Å². The molecule has 0 spiro atoms. The lowest BCUT2D eigenvalue weighted by molar-refractivity contribution is 0.0215. The largest absolute Gasteiger partial charge is 0.399 e. The van der Waals surface area contributed by atoms with Gasteiger partial charge in [0, 0.05) is 12.2 Å². The maximum Gasteiger partial charge on any atom is 0.261 e. The molecular formula is C11H14ClF2N3O2. The Bertz CT molecular complexity index is 458. The number of primary amides is 1. The van der Waals surface area contributed by atoms with E-state index in [-0.39, 0.29) is 23.7 Å². The molecule has 0 aliphatic carbocycles. The number of alkyl halides is 2. The molecule has 8 heteroatoms. The Hall–Kier alpha value is -1.60. The molecule has 5 nitrogen and oxygen atoms in total. The van der Waals surface area contributed by atoms with Crippen LogP contribution in [0.15, 0.2) is 12.1 Å². The third-order valence-corrected chi connectivity index (χ3v) is 2.47. The highest BCUT2D eigenvalue weighted by Crippen LogP contribution is 2.28. The number of nitrogen functional groups attached to an aromatic ring is 1. The second-order valence-corrected chi connectivity index (χ2v) is 4.09. The van der Waals surface area contributed by atoms with Crippen LogP contribution in [-0.2, 0) is 4.74 Å². The molecule has 1 aromatic carbocycles. The number of anilines is 2. The third kappa shape index (κ3) is 4.88. The van der Waals surface area contributed by atoms with Gasteiger partial charge in [-0.3, -0.25) is 4.79 Å². The Balaban J connectivity index is 2.64. The number of hydrogen-bond acceptors (Lipinski definition) is 4. The molecule has 1 amide bonds. The van der Waals surface area contributed by atoms with Crippen molar-refractivity contribution in [2.24, 2.45) is 5.73 Å². The predicted octanol–water partition coefficient (Wildman–Crippen LogP) is 1.71. The van der Waals surface area contributed by atoms with Gasteiger partial charge in [-0.1, -0.05) is 11.6 Å². The van der Waals surface area contributed by atoms with Crippen LogP contribution in [0.25, 0.3) is 0 Å². The van der Waals surface area contributed by atoms with Crippen molar-refractivity contribution in [3.05, 3.63) is 22.7 Å². The van der Waals surface area contributed by atoms with Gasteiger partial charge in [-0.05, 0) is 12.1 Å². The summed E-state index contributed by atoms with van der Waals surface area (Å²) in [6.07, 6.45) is -2.51. The van der Waals surface area contributed by atoms with Crippen molar-refractivity contribution in [2.45, 2.75) is 6.43 Å². The van der Waals surface area contributed by atoms with E-state index in [4.69, 9.17) is 23.1 Å². The van der Waals surface area contributed by atoms with E-state index in [1.807, 2.05) is 0 Å². The molecule has 0 radical (unpaired) electrons. The first-order chi connectivity index (χ1) is 8.91. The monoisotopic (exact) mass is 293 g/mol. The van der Waals surface area contributed by atoms with Crippen LogP contribution in [0.4, 0.5) is 20.2 Å². The Labute approximate surface area is 113 Å². The minimum absolute atomic E-state index is 0.0449. The van der Waals surface area contributed by atoms with Gasteiger partial charge < -0.3 is 21.5 Å². The summed E-state index contributed by atoms with van der Waals surface area (Å²) in [5.41, 5.74) is 11.5. The highest BCUT2D eigenvalue weighted by Gasteiger charge is 2.13.